The SMILES string of the molecule is C/C=C(\NC)c1ccnc2ccc(=O)[nH]c12. The van der Waals surface area contributed by atoms with E-state index >= 15 is 0 Å². The molecule has 0 fully saturated rings. The monoisotopic (exact) mass is 215 g/mol. The molecule has 0 saturated carbocycles. The summed E-state index contributed by atoms with van der Waals surface area (Å²) >= 11 is 0. The fraction of sp³-hybridized carbons (Fsp3) is 0.167. The third-order valence-electron chi connectivity index (χ3n) is 2.47. The second kappa shape index (κ2) is 4.18. The van der Waals surface area contributed by atoms with Gasteiger partial charge in [0.05, 0.1) is 11.0 Å². The maximum Gasteiger partial charge on any atom is 0.248 e. The van der Waals surface area contributed by atoms with Crippen LogP contribution in [0.25, 0.3) is 16.7 Å². The zero-order valence-corrected chi connectivity index (χ0v) is 9.24. The molecule has 0 aliphatic heterocycles. The summed E-state index contributed by atoms with van der Waals surface area (Å²) in [5.41, 5.74) is 3.35. The van der Waals surface area contributed by atoms with Crippen LogP contribution in [0.4, 0.5) is 0 Å². The number of H-pyrrole nitrogens is 1. The lowest BCUT2D eigenvalue weighted by Crippen LogP contribution is -2.09. The minimum atomic E-state index is -0.117. The van der Waals surface area contributed by atoms with Crippen molar-refractivity contribution in [1.29, 1.82) is 0 Å². The predicted octanol–water partition coefficient (Wildman–Crippen LogP) is 1.50. The van der Waals surface area contributed by atoms with Crippen molar-refractivity contribution in [1.82, 2.24) is 15.3 Å². The van der Waals surface area contributed by atoms with Gasteiger partial charge in [0.2, 0.25) is 5.56 Å². The Kier molecular flexibility index (Phi) is 2.72. The summed E-state index contributed by atoms with van der Waals surface area (Å²) in [5.74, 6) is 0. The summed E-state index contributed by atoms with van der Waals surface area (Å²) in [6.07, 6.45) is 3.69. The van der Waals surface area contributed by atoms with Crippen molar-refractivity contribution in [3.63, 3.8) is 0 Å². The van der Waals surface area contributed by atoms with Crippen molar-refractivity contribution in [3.8, 4) is 0 Å². The largest absolute Gasteiger partial charge is 0.388 e. The highest BCUT2D eigenvalue weighted by Gasteiger charge is 2.05. The van der Waals surface area contributed by atoms with Crippen molar-refractivity contribution in [2.45, 2.75) is 6.92 Å². The van der Waals surface area contributed by atoms with Gasteiger partial charge in [-0.05, 0) is 19.1 Å². The topological polar surface area (TPSA) is 57.8 Å². The minimum absolute atomic E-state index is 0.117. The van der Waals surface area contributed by atoms with E-state index in [0.717, 1.165) is 22.3 Å². The molecule has 4 heteroatoms. The number of nitrogens with one attached hydrogen (secondary N) is 2. The van der Waals surface area contributed by atoms with Gasteiger partial charge in [-0.25, -0.2) is 0 Å². The fourth-order valence-corrected chi connectivity index (χ4v) is 1.71. The first-order valence-electron chi connectivity index (χ1n) is 5.08. The van der Waals surface area contributed by atoms with E-state index in [1.54, 1.807) is 12.3 Å². The highest BCUT2D eigenvalue weighted by Crippen LogP contribution is 2.18. The molecule has 0 spiro atoms. The van der Waals surface area contributed by atoms with Crippen molar-refractivity contribution in [2.75, 3.05) is 7.05 Å². The van der Waals surface area contributed by atoms with Crippen LogP contribution in [0.2, 0.25) is 0 Å². The highest BCUT2D eigenvalue weighted by molar-refractivity contribution is 5.87. The van der Waals surface area contributed by atoms with Crippen LogP contribution in [0, 0.1) is 0 Å². The quantitative estimate of drug-likeness (QED) is 0.798. The predicted molar refractivity (Wildman–Crippen MR) is 65.1 cm³/mol. The zero-order chi connectivity index (χ0) is 11.5. The van der Waals surface area contributed by atoms with Crippen LogP contribution in [0.1, 0.15) is 12.5 Å². The molecule has 0 aliphatic rings. The Hall–Kier alpha value is -2.10. The third kappa shape index (κ3) is 1.69. The molecular formula is C12H13N3O. The van der Waals surface area contributed by atoms with Crippen LogP contribution in [0.3, 0.4) is 0 Å². The average molecular weight is 215 g/mol. The number of aromatic nitrogens is 2. The van der Waals surface area contributed by atoms with Crippen LogP contribution in [-0.4, -0.2) is 17.0 Å². The maximum absolute atomic E-state index is 11.3. The molecule has 0 atom stereocenters. The molecule has 0 aromatic carbocycles. The smallest absolute Gasteiger partial charge is 0.248 e. The first-order chi connectivity index (χ1) is 7.76. The number of aromatic amines is 1. The standard InChI is InChI=1S/C12H13N3O/c1-3-9(13-2)8-6-7-14-10-4-5-11(16)15-12(8)10/h3-7,13H,1-2H3,(H,15,16)/b9-3-. The van der Waals surface area contributed by atoms with Gasteiger partial charge in [0.25, 0.3) is 0 Å². The molecule has 2 N–H and O–H groups in total. The Morgan fingerprint density at radius 3 is 2.94 bits per heavy atom. The van der Waals surface area contributed by atoms with Gasteiger partial charge >= 0.3 is 0 Å². The van der Waals surface area contributed by atoms with Crippen molar-refractivity contribution >= 4 is 16.7 Å². The summed E-state index contributed by atoms with van der Waals surface area (Å²) in [4.78, 5) is 18.3. The van der Waals surface area contributed by atoms with Crippen molar-refractivity contribution in [3.05, 3.63) is 46.4 Å². The highest BCUT2D eigenvalue weighted by atomic mass is 16.1. The molecule has 4 nitrogen and oxygen atoms in total. The van der Waals surface area contributed by atoms with Gasteiger partial charge in [0.1, 0.15) is 0 Å². The van der Waals surface area contributed by atoms with Gasteiger partial charge < -0.3 is 10.3 Å². The lowest BCUT2D eigenvalue weighted by Gasteiger charge is -2.08. The molecule has 0 aliphatic carbocycles. The van der Waals surface area contributed by atoms with Gasteiger partial charge in [0, 0.05) is 30.6 Å². The normalized spacial score (nSPS) is 11.8. The summed E-state index contributed by atoms with van der Waals surface area (Å²) < 4.78 is 0. The molecule has 0 amide bonds. The third-order valence-corrected chi connectivity index (χ3v) is 2.47. The van der Waals surface area contributed by atoms with E-state index in [1.165, 1.54) is 6.07 Å². The van der Waals surface area contributed by atoms with E-state index < -0.39 is 0 Å². The van der Waals surface area contributed by atoms with Gasteiger partial charge in [-0.15, -0.1) is 0 Å². The number of rotatable bonds is 2. The Labute approximate surface area is 93.0 Å². The van der Waals surface area contributed by atoms with Crippen molar-refractivity contribution < 1.29 is 0 Å². The first kappa shape index (κ1) is 10.4. The van der Waals surface area contributed by atoms with Gasteiger partial charge in [-0.1, -0.05) is 6.08 Å². The molecule has 16 heavy (non-hydrogen) atoms. The molecule has 0 radical (unpaired) electrons. The van der Waals surface area contributed by atoms with E-state index in [4.69, 9.17) is 0 Å². The summed E-state index contributed by atoms with van der Waals surface area (Å²) in [7, 11) is 1.85. The number of nitrogens with zero attached hydrogens (tertiary/aromatic N) is 1. The van der Waals surface area contributed by atoms with Crippen LogP contribution < -0.4 is 10.9 Å². The maximum atomic E-state index is 11.3. The number of hydrogen-bond acceptors (Lipinski definition) is 3. The molecule has 82 valence electrons. The number of pyridine rings is 2. The molecule has 2 aromatic heterocycles. The van der Waals surface area contributed by atoms with Crippen LogP contribution in [0.15, 0.2) is 35.3 Å². The molecule has 2 rings (SSSR count). The van der Waals surface area contributed by atoms with E-state index in [1.807, 2.05) is 26.1 Å². The number of fused-ring (bicyclic) bond motifs is 1. The first-order valence-corrected chi connectivity index (χ1v) is 5.08. The van der Waals surface area contributed by atoms with E-state index in [9.17, 15) is 4.79 Å². The Bertz CT molecular complexity index is 598. The molecular weight excluding hydrogens is 202 g/mol. The van der Waals surface area contributed by atoms with Gasteiger partial charge in [-0.3, -0.25) is 9.78 Å². The lowest BCUT2D eigenvalue weighted by atomic mass is 10.1. The zero-order valence-electron chi connectivity index (χ0n) is 9.24. The second-order valence-electron chi connectivity index (χ2n) is 3.39. The average Bonchev–Trinajstić information content (AvgIpc) is 2.31. The van der Waals surface area contributed by atoms with Gasteiger partial charge in [0.15, 0.2) is 0 Å². The van der Waals surface area contributed by atoms with Gasteiger partial charge in [-0.2, -0.15) is 0 Å². The van der Waals surface area contributed by atoms with E-state index in [0.29, 0.717) is 0 Å². The fourth-order valence-electron chi connectivity index (χ4n) is 1.71. The minimum Gasteiger partial charge on any atom is -0.388 e. The van der Waals surface area contributed by atoms with E-state index in [2.05, 4.69) is 15.3 Å². The van der Waals surface area contributed by atoms with Crippen molar-refractivity contribution in [2.24, 2.45) is 0 Å². The molecule has 2 heterocycles. The second-order valence-corrected chi connectivity index (χ2v) is 3.39. The summed E-state index contributed by atoms with van der Waals surface area (Å²) in [6, 6.07) is 5.08. The van der Waals surface area contributed by atoms with E-state index in [-0.39, 0.29) is 5.56 Å². The molecule has 0 bridgehead atoms. The molecule has 2 aromatic rings. The number of allylic oxidation sites excluding steroid dienone is 1. The molecule has 0 saturated heterocycles. The summed E-state index contributed by atoms with van der Waals surface area (Å²) in [6.45, 7) is 1.94. The Morgan fingerprint density at radius 2 is 2.25 bits per heavy atom. The molecule has 0 unspecified atom stereocenters. The summed E-state index contributed by atoms with van der Waals surface area (Å²) in [5, 5.41) is 3.09. The van der Waals surface area contributed by atoms with Crippen LogP contribution >= 0.6 is 0 Å². The Balaban J connectivity index is 2.79. The Morgan fingerprint density at radius 1 is 1.44 bits per heavy atom. The van der Waals surface area contributed by atoms with Crippen LogP contribution in [0.5, 0.6) is 0 Å². The lowest BCUT2D eigenvalue weighted by molar-refractivity contribution is 1.12. The van der Waals surface area contributed by atoms with Crippen LogP contribution in [-0.2, 0) is 0 Å². The number of hydrogen-bond donors (Lipinski definition) is 2.